The molecule has 78 valence electrons. The summed E-state index contributed by atoms with van der Waals surface area (Å²) in [6, 6.07) is 0. The minimum absolute atomic E-state index is 0.534. The van der Waals surface area contributed by atoms with Gasteiger partial charge in [-0.2, -0.15) is 0 Å². The second-order valence-corrected chi connectivity index (χ2v) is 4.15. The number of ether oxygens (including phenoxy) is 2. The average molecular weight is 186 g/mol. The third kappa shape index (κ3) is 4.63. The van der Waals surface area contributed by atoms with Crippen LogP contribution in [-0.4, -0.2) is 26.4 Å². The van der Waals surface area contributed by atoms with E-state index < -0.39 is 0 Å². The smallest absolute Gasteiger partial charge is 0.0575 e. The van der Waals surface area contributed by atoms with Crippen LogP contribution >= 0.6 is 0 Å². The van der Waals surface area contributed by atoms with Crippen LogP contribution in [0, 0.1) is 5.92 Å². The first-order chi connectivity index (χ1) is 6.33. The molecule has 2 nitrogen and oxygen atoms in total. The van der Waals surface area contributed by atoms with E-state index in [-0.39, 0.29) is 0 Å². The third-order valence-corrected chi connectivity index (χ3v) is 2.62. The average Bonchev–Trinajstić information content (AvgIpc) is 2.17. The quantitative estimate of drug-likeness (QED) is 0.657. The molecule has 1 aliphatic rings. The monoisotopic (exact) mass is 186 g/mol. The lowest BCUT2D eigenvalue weighted by Gasteiger charge is -2.23. The van der Waals surface area contributed by atoms with Crippen molar-refractivity contribution in [2.75, 3.05) is 20.3 Å². The molecule has 0 heterocycles. The van der Waals surface area contributed by atoms with Gasteiger partial charge in [0, 0.05) is 13.0 Å². The van der Waals surface area contributed by atoms with Crippen LogP contribution in [0.4, 0.5) is 0 Å². The normalized spacial score (nSPS) is 21.7. The molecule has 0 radical (unpaired) electrons. The number of rotatable bonds is 5. The molecule has 1 rings (SSSR count). The SMILES string of the molecule is COC[C@H](C)COC1CCCCC1. The second kappa shape index (κ2) is 6.39. The van der Waals surface area contributed by atoms with Gasteiger partial charge in [0.05, 0.1) is 19.3 Å². The van der Waals surface area contributed by atoms with Crippen LogP contribution in [0.1, 0.15) is 39.0 Å². The van der Waals surface area contributed by atoms with Crippen molar-refractivity contribution in [1.82, 2.24) is 0 Å². The maximum atomic E-state index is 5.82. The Morgan fingerprint density at radius 3 is 2.46 bits per heavy atom. The third-order valence-electron chi connectivity index (χ3n) is 2.62. The summed E-state index contributed by atoms with van der Waals surface area (Å²) in [5.74, 6) is 0.534. The summed E-state index contributed by atoms with van der Waals surface area (Å²) in [4.78, 5) is 0. The summed E-state index contributed by atoms with van der Waals surface area (Å²) in [6.45, 7) is 3.84. The first-order valence-electron chi connectivity index (χ1n) is 5.43. The molecule has 0 amide bonds. The molecule has 0 saturated heterocycles. The molecule has 1 fully saturated rings. The fourth-order valence-electron chi connectivity index (χ4n) is 1.86. The fourth-order valence-corrected chi connectivity index (χ4v) is 1.86. The molecule has 0 N–H and O–H groups in total. The van der Waals surface area contributed by atoms with E-state index in [2.05, 4.69) is 6.92 Å². The van der Waals surface area contributed by atoms with Gasteiger partial charge in [-0.1, -0.05) is 26.2 Å². The van der Waals surface area contributed by atoms with Crippen molar-refractivity contribution in [3.8, 4) is 0 Å². The van der Waals surface area contributed by atoms with Crippen LogP contribution < -0.4 is 0 Å². The summed E-state index contributed by atoms with van der Waals surface area (Å²) in [6.07, 6.45) is 7.16. The van der Waals surface area contributed by atoms with Crippen molar-refractivity contribution in [3.63, 3.8) is 0 Å². The van der Waals surface area contributed by atoms with Gasteiger partial charge in [-0.3, -0.25) is 0 Å². The van der Waals surface area contributed by atoms with E-state index in [4.69, 9.17) is 9.47 Å². The molecule has 2 heteroatoms. The molecule has 0 aromatic heterocycles. The number of methoxy groups -OCH3 is 1. The van der Waals surface area contributed by atoms with Crippen LogP contribution in [0.25, 0.3) is 0 Å². The molecular weight excluding hydrogens is 164 g/mol. The summed E-state index contributed by atoms with van der Waals surface area (Å²) in [5, 5.41) is 0. The van der Waals surface area contributed by atoms with E-state index in [9.17, 15) is 0 Å². The molecule has 0 aliphatic heterocycles. The predicted molar refractivity (Wildman–Crippen MR) is 53.9 cm³/mol. The van der Waals surface area contributed by atoms with E-state index >= 15 is 0 Å². The first kappa shape index (κ1) is 11.0. The predicted octanol–water partition coefficient (Wildman–Crippen LogP) is 2.62. The van der Waals surface area contributed by atoms with Crippen LogP contribution in [0.5, 0.6) is 0 Å². The molecule has 0 aromatic carbocycles. The van der Waals surface area contributed by atoms with Crippen molar-refractivity contribution >= 4 is 0 Å². The molecule has 1 saturated carbocycles. The Labute approximate surface area is 81.6 Å². The second-order valence-electron chi connectivity index (χ2n) is 4.15. The minimum atomic E-state index is 0.534. The Balaban J connectivity index is 2.03. The Kier molecular flexibility index (Phi) is 5.40. The highest BCUT2D eigenvalue weighted by Crippen LogP contribution is 2.20. The zero-order chi connectivity index (χ0) is 9.52. The molecule has 0 spiro atoms. The highest BCUT2D eigenvalue weighted by atomic mass is 16.5. The van der Waals surface area contributed by atoms with E-state index in [0.29, 0.717) is 12.0 Å². The Morgan fingerprint density at radius 1 is 1.15 bits per heavy atom. The Bertz CT molecular complexity index is 119. The molecule has 0 bridgehead atoms. The standard InChI is InChI=1S/C11H22O2/c1-10(8-12-2)9-13-11-6-4-3-5-7-11/h10-11H,3-9H2,1-2H3/t10-/m0/s1. The molecular formula is C11H22O2. The van der Waals surface area contributed by atoms with Crippen molar-refractivity contribution in [2.24, 2.45) is 5.92 Å². The van der Waals surface area contributed by atoms with Gasteiger partial charge in [-0.25, -0.2) is 0 Å². The minimum Gasteiger partial charge on any atom is -0.384 e. The Hall–Kier alpha value is -0.0800. The van der Waals surface area contributed by atoms with Gasteiger partial charge in [0.25, 0.3) is 0 Å². The first-order valence-corrected chi connectivity index (χ1v) is 5.43. The maximum Gasteiger partial charge on any atom is 0.0575 e. The van der Waals surface area contributed by atoms with Gasteiger partial charge in [0.2, 0.25) is 0 Å². The van der Waals surface area contributed by atoms with E-state index in [1.807, 2.05) is 0 Å². The Morgan fingerprint density at radius 2 is 1.85 bits per heavy atom. The summed E-state index contributed by atoms with van der Waals surface area (Å²) >= 11 is 0. The van der Waals surface area contributed by atoms with E-state index in [0.717, 1.165) is 13.2 Å². The van der Waals surface area contributed by atoms with Crippen LogP contribution in [0.15, 0.2) is 0 Å². The molecule has 13 heavy (non-hydrogen) atoms. The fraction of sp³-hybridized carbons (Fsp3) is 1.00. The summed E-state index contributed by atoms with van der Waals surface area (Å²) < 4.78 is 10.9. The zero-order valence-electron chi connectivity index (χ0n) is 8.92. The van der Waals surface area contributed by atoms with Gasteiger partial charge < -0.3 is 9.47 Å². The maximum absolute atomic E-state index is 5.82. The van der Waals surface area contributed by atoms with Crippen LogP contribution in [0.2, 0.25) is 0 Å². The van der Waals surface area contributed by atoms with Crippen molar-refractivity contribution in [1.29, 1.82) is 0 Å². The summed E-state index contributed by atoms with van der Waals surface area (Å²) in [7, 11) is 1.75. The number of hydrogen-bond donors (Lipinski definition) is 0. The molecule has 0 unspecified atom stereocenters. The largest absolute Gasteiger partial charge is 0.384 e. The van der Waals surface area contributed by atoms with Gasteiger partial charge >= 0.3 is 0 Å². The van der Waals surface area contributed by atoms with Gasteiger partial charge in [-0.05, 0) is 12.8 Å². The van der Waals surface area contributed by atoms with E-state index in [1.165, 1.54) is 32.1 Å². The highest BCUT2D eigenvalue weighted by Gasteiger charge is 2.14. The van der Waals surface area contributed by atoms with Crippen molar-refractivity contribution in [3.05, 3.63) is 0 Å². The van der Waals surface area contributed by atoms with Crippen molar-refractivity contribution in [2.45, 2.75) is 45.1 Å². The van der Waals surface area contributed by atoms with Crippen LogP contribution in [-0.2, 0) is 9.47 Å². The lowest BCUT2D eigenvalue weighted by Crippen LogP contribution is -2.21. The van der Waals surface area contributed by atoms with Crippen LogP contribution in [0.3, 0.4) is 0 Å². The zero-order valence-corrected chi connectivity index (χ0v) is 8.92. The van der Waals surface area contributed by atoms with E-state index in [1.54, 1.807) is 7.11 Å². The lowest BCUT2D eigenvalue weighted by molar-refractivity contribution is -0.00402. The lowest BCUT2D eigenvalue weighted by atomic mass is 9.98. The van der Waals surface area contributed by atoms with Crippen molar-refractivity contribution < 1.29 is 9.47 Å². The molecule has 1 atom stereocenters. The van der Waals surface area contributed by atoms with Gasteiger partial charge in [0.15, 0.2) is 0 Å². The van der Waals surface area contributed by atoms with Gasteiger partial charge in [0.1, 0.15) is 0 Å². The molecule has 0 aromatic rings. The summed E-state index contributed by atoms with van der Waals surface area (Å²) in [5.41, 5.74) is 0. The van der Waals surface area contributed by atoms with Gasteiger partial charge in [-0.15, -0.1) is 0 Å². The molecule has 1 aliphatic carbocycles. The highest BCUT2D eigenvalue weighted by molar-refractivity contribution is 4.65. The topological polar surface area (TPSA) is 18.5 Å². The number of hydrogen-bond acceptors (Lipinski definition) is 2.